The summed E-state index contributed by atoms with van der Waals surface area (Å²) in [7, 11) is -1.65. The Morgan fingerprint density at radius 1 is 0.765 bits per heavy atom. The Bertz CT molecular complexity index is 1540. The van der Waals surface area contributed by atoms with Crippen molar-refractivity contribution >= 4 is 55.6 Å². The highest BCUT2D eigenvalue weighted by Crippen LogP contribution is 2.36. The van der Waals surface area contributed by atoms with E-state index in [4.69, 9.17) is 14.0 Å². The van der Waals surface area contributed by atoms with Crippen LogP contribution in [0.25, 0.3) is 0 Å². The van der Waals surface area contributed by atoms with Gasteiger partial charge in [0.25, 0.3) is 0 Å². The molecule has 0 N–H and O–H groups in total. The molecule has 0 aromatic heterocycles. The van der Waals surface area contributed by atoms with Crippen LogP contribution in [0, 0.1) is 5.92 Å². The Kier molecular flexibility index (Phi) is 10.9. The summed E-state index contributed by atoms with van der Waals surface area (Å²) in [6.45, 7) is 20.6. The van der Waals surface area contributed by atoms with Crippen LogP contribution < -0.4 is 20.2 Å². The average Bonchev–Trinajstić information content (AvgIpc) is 3.31. The zero-order valence-electron chi connectivity index (χ0n) is 31.7. The highest BCUT2D eigenvalue weighted by molar-refractivity contribution is 6.76. The van der Waals surface area contributed by atoms with Crippen LogP contribution in [-0.4, -0.2) is 113 Å². The van der Waals surface area contributed by atoms with E-state index in [0.29, 0.717) is 25.6 Å². The summed E-state index contributed by atoms with van der Waals surface area (Å²) in [5.41, 5.74) is 3.18. The van der Waals surface area contributed by atoms with Gasteiger partial charge in [-0.2, -0.15) is 0 Å². The van der Waals surface area contributed by atoms with Crippen molar-refractivity contribution in [3.63, 3.8) is 0 Å². The first-order valence-electron chi connectivity index (χ1n) is 18.6. The standard InChI is InChI=1S/C38H56BN5O6Si/c1-37(2)38(3,4)50-39(49-37)30-8-10-32(11-9-30)41-22-23-42(35(46)27-41)26-29-16-19-40(20-17-29)31-12-14-33(15-13-31)43-21-18-34(45)44(36(43)47)28-48-24-25-51(5,6)7/h8-15,29H,16-28H2,1-7H3. The molecule has 4 fully saturated rings. The molecular formula is C38H56BN5O6Si. The molecule has 0 saturated carbocycles. The molecule has 11 nitrogen and oxygen atoms in total. The lowest BCUT2D eigenvalue weighted by atomic mass is 9.79. The van der Waals surface area contributed by atoms with Gasteiger partial charge in [-0.3, -0.25) is 14.5 Å². The topological polar surface area (TPSA) is 95.1 Å². The van der Waals surface area contributed by atoms with Crippen molar-refractivity contribution in [1.29, 1.82) is 0 Å². The van der Waals surface area contributed by atoms with Gasteiger partial charge in [0.05, 0.1) is 17.7 Å². The largest absolute Gasteiger partial charge is 0.494 e. The maximum atomic E-state index is 13.3. The zero-order chi connectivity index (χ0) is 36.6. The monoisotopic (exact) mass is 717 g/mol. The van der Waals surface area contributed by atoms with Crippen molar-refractivity contribution in [3.8, 4) is 0 Å². The van der Waals surface area contributed by atoms with E-state index in [1.54, 1.807) is 4.90 Å². The summed E-state index contributed by atoms with van der Waals surface area (Å²) in [4.78, 5) is 48.5. The van der Waals surface area contributed by atoms with Gasteiger partial charge in [0.1, 0.15) is 6.73 Å². The third-order valence-corrected chi connectivity index (χ3v) is 13.0. The third kappa shape index (κ3) is 8.64. The van der Waals surface area contributed by atoms with E-state index in [1.165, 1.54) is 4.90 Å². The molecule has 4 heterocycles. The van der Waals surface area contributed by atoms with Crippen molar-refractivity contribution < 1.29 is 28.4 Å². The van der Waals surface area contributed by atoms with Crippen molar-refractivity contribution in [2.24, 2.45) is 5.92 Å². The number of imide groups is 1. The Balaban J connectivity index is 0.946. The number of ether oxygens (including phenoxy) is 1. The van der Waals surface area contributed by atoms with Crippen LogP contribution in [0.4, 0.5) is 21.9 Å². The molecule has 4 saturated heterocycles. The molecule has 4 aliphatic rings. The average molecular weight is 718 g/mol. The molecule has 0 unspecified atom stereocenters. The molecule has 0 bridgehead atoms. The van der Waals surface area contributed by atoms with Crippen molar-refractivity contribution in [2.75, 3.05) is 73.9 Å². The first-order chi connectivity index (χ1) is 24.1. The number of benzene rings is 2. The smallest absolute Gasteiger partial charge is 0.399 e. The first-order valence-corrected chi connectivity index (χ1v) is 22.3. The number of hydrogen-bond acceptors (Lipinski definition) is 8. The lowest BCUT2D eigenvalue weighted by Crippen LogP contribution is -2.53. The number of piperazine rings is 1. The fourth-order valence-corrected chi connectivity index (χ4v) is 7.82. The molecule has 2 aromatic rings. The Hall–Kier alpha value is -3.39. The normalized spacial score (nSPS) is 21.7. The van der Waals surface area contributed by atoms with E-state index in [-0.39, 0.29) is 42.2 Å². The quantitative estimate of drug-likeness (QED) is 0.237. The van der Waals surface area contributed by atoms with Gasteiger partial charge in [-0.15, -0.1) is 0 Å². The predicted octanol–water partition coefficient (Wildman–Crippen LogP) is 5.02. The van der Waals surface area contributed by atoms with Crippen LogP contribution in [0.15, 0.2) is 48.5 Å². The van der Waals surface area contributed by atoms with E-state index < -0.39 is 15.2 Å². The van der Waals surface area contributed by atoms with Crippen LogP contribution in [-0.2, 0) is 23.6 Å². The summed E-state index contributed by atoms with van der Waals surface area (Å²) < 4.78 is 18.1. The van der Waals surface area contributed by atoms with E-state index in [0.717, 1.165) is 74.1 Å². The van der Waals surface area contributed by atoms with Crippen molar-refractivity contribution in [3.05, 3.63) is 48.5 Å². The number of piperidine rings is 1. The Morgan fingerprint density at radius 2 is 1.35 bits per heavy atom. The molecule has 0 spiro atoms. The lowest BCUT2D eigenvalue weighted by molar-refractivity contribution is -0.133. The van der Waals surface area contributed by atoms with Gasteiger partial charge in [0.2, 0.25) is 11.8 Å². The Labute approximate surface area is 305 Å². The lowest BCUT2D eigenvalue weighted by Gasteiger charge is -2.40. The second-order valence-electron chi connectivity index (χ2n) is 16.7. The van der Waals surface area contributed by atoms with Crippen LogP contribution in [0.2, 0.25) is 25.7 Å². The molecule has 0 atom stereocenters. The molecular weight excluding hydrogens is 661 g/mol. The predicted molar refractivity (Wildman–Crippen MR) is 206 cm³/mol. The molecule has 6 rings (SSSR count). The number of rotatable bonds is 11. The van der Waals surface area contributed by atoms with Gasteiger partial charge in [-0.1, -0.05) is 31.8 Å². The van der Waals surface area contributed by atoms with Crippen LogP contribution in [0.3, 0.4) is 0 Å². The second-order valence-corrected chi connectivity index (χ2v) is 22.4. The first kappa shape index (κ1) is 37.4. The molecule has 13 heteroatoms. The number of hydrogen-bond donors (Lipinski definition) is 0. The summed E-state index contributed by atoms with van der Waals surface area (Å²) in [5.74, 6) is 0.467. The summed E-state index contributed by atoms with van der Waals surface area (Å²) in [5, 5.41) is 0. The van der Waals surface area contributed by atoms with E-state index in [1.807, 2.05) is 29.2 Å². The van der Waals surface area contributed by atoms with Gasteiger partial charge in [0.15, 0.2) is 0 Å². The van der Waals surface area contributed by atoms with E-state index in [9.17, 15) is 14.4 Å². The maximum Gasteiger partial charge on any atom is 0.494 e. The minimum Gasteiger partial charge on any atom is -0.399 e. The van der Waals surface area contributed by atoms with Crippen LogP contribution >= 0.6 is 0 Å². The van der Waals surface area contributed by atoms with Gasteiger partial charge >= 0.3 is 13.1 Å². The van der Waals surface area contributed by atoms with Gasteiger partial charge < -0.3 is 28.7 Å². The minimum atomic E-state index is -1.25. The number of anilines is 3. The van der Waals surface area contributed by atoms with Crippen LogP contribution in [0.5, 0.6) is 0 Å². The highest BCUT2D eigenvalue weighted by atomic mass is 28.3. The molecule has 51 heavy (non-hydrogen) atoms. The van der Waals surface area contributed by atoms with E-state index in [2.05, 4.69) is 81.4 Å². The number of carbonyl (C=O) groups excluding carboxylic acids is 3. The molecule has 276 valence electrons. The second kappa shape index (κ2) is 14.9. The minimum absolute atomic E-state index is 0.00508. The van der Waals surface area contributed by atoms with Crippen LogP contribution in [0.1, 0.15) is 47.0 Å². The fraction of sp³-hybridized carbons (Fsp3) is 0.605. The van der Waals surface area contributed by atoms with Gasteiger partial charge in [-0.05, 0) is 94.4 Å². The Morgan fingerprint density at radius 3 is 1.96 bits per heavy atom. The number of amides is 4. The molecule has 2 aromatic carbocycles. The van der Waals surface area contributed by atoms with Crippen molar-refractivity contribution in [1.82, 2.24) is 9.80 Å². The zero-order valence-corrected chi connectivity index (χ0v) is 32.7. The third-order valence-electron chi connectivity index (χ3n) is 11.3. The highest BCUT2D eigenvalue weighted by Gasteiger charge is 2.51. The molecule has 0 radical (unpaired) electrons. The van der Waals surface area contributed by atoms with Gasteiger partial charge in [0, 0.05) is 77.4 Å². The number of urea groups is 1. The van der Waals surface area contributed by atoms with Gasteiger partial charge in [-0.25, -0.2) is 9.69 Å². The maximum absolute atomic E-state index is 13.3. The number of nitrogens with zero attached hydrogens (tertiary/aromatic N) is 5. The summed E-state index contributed by atoms with van der Waals surface area (Å²) in [6, 6.07) is 17.0. The number of carbonyl (C=O) groups is 3. The molecule has 4 amide bonds. The summed E-state index contributed by atoms with van der Waals surface area (Å²) in [6.07, 6.45) is 2.33. The molecule has 4 aliphatic heterocycles. The summed E-state index contributed by atoms with van der Waals surface area (Å²) >= 11 is 0. The van der Waals surface area contributed by atoms with E-state index >= 15 is 0 Å². The molecule has 0 aliphatic carbocycles. The van der Waals surface area contributed by atoms with Crippen molar-refractivity contribution in [2.45, 2.75) is 83.8 Å². The SMILES string of the molecule is CC1(C)OB(c2ccc(N3CCN(CC4CCN(c5ccc(N6CCC(=O)N(COCC[Si](C)(C)C)C6=O)cc5)CC4)C(=O)C3)cc2)OC1(C)C. The fourth-order valence-electron chi connectivity index (χ4n) is 7.06.